The minimum atomic E-state index is -0.505. The van der Waals surface area contributed by atoms with Crippen molar-refractivity contribution in [3.8, 4) is 11.3 Å². The Morgan fingerprint density at radius 3 is 2.23 bits per heavy atom. The third kappa shape index (κ3) is 7.06. The molecular weight excluding hydrogens is 669 g/mol. The first-order chi connectivity index (χ1) is 25.7. The van der Waals surface area contributed by atoms with Gasteiger partial charge >= 0.3 is 6.03 Å². The summed E-state index contributed by atoms with van der Waals surface area (Å²) in [6, 6.07) is 20.3. The molecule has 13 nitrogen and oxygen atoms in total. The number of aromatic nitrogens is 2. The molecule has 3 fully saturated rings. The maximum atomic E-state index is 12.8. The van der Waals surface area contributed by atoms with Crippen LogP contribution in [0.25, 0.3) is 11.3 Å². The summed E-state index contributed by atoms with van der Waals surface area (Å²) < 4.78 is 1.88. The molecule has 0 aliphatic carbocycles. The van der Waals surface area contributed by atoms with Gasteiger partial charge in [0.15, 0.2) is 0 Å². The Hall–Kier alpha value is -5.40. The molecule has 276 valence electrons. The summed E-state index contributed by atoms with van der Waals surface area (Å²) in [6.45, 7) is 10.8. The Bertz CT molecular complexity index is 2030. The minimum absolute atomic E-state index is 0.218. The Morgan fingerprint density at radius 2 is 1.53 bits per heavy atom. The lowest BCUT2D eigenvalue weighted by Gasteiger charge is -2.40. The zero-order chi connectivity index (χ0) is 36.6. The van der Waals surface area contributed by atoms with Gasteiger partial charge in [-0.2, -0.15) is 5.10 Å². The maximum absolute atomic E-state index is 12.8. The monoisotopic (exact) mass is 716 g/mol. The number of piperazine rings is 1. The molecule has 4 amide bonds. The first-order valence-corrected chi connectivity index (χ1v) is 18.8. The molecule has 5 heterocycles. The lowest BCUT2D eigenvalue weighted by molar-refractivity contribution is -0.120. The molecule has 0 spiro atoms. The van der Waals surface area contributed by atoms with Crippen LogP contribution in [0.4, 0.5) is 33.4 Å². The second kappa shape index (κ2) is 14.6. The lowest BCUT2D eigenvalue weighted by atomic mass is 9.95. The van der Waals surface area contributed by atoms with Crippen LogP contribution in [0.3, 0.4) is 0 Å². The van der Waals surface area contributed by atoms with Crippen molar-refractivity contribution in [1.29, 1.82) is 0 Å². The standard InChI is InChI=1S/C40H48N10O3/c1-26-22-29(2-3-30(26)24-41)37-36(38(42)52)39-43-34-9-8-33(23-28(34)12-17-50(39)45-37)48-20-18-46(19-21-48)25-27-10-14-47(15-11-27)31-4-6-32(7-5-31)49-16-13-35(51)44-40(49)53/h2-9,22-23,27,43H,10-21,24-25,41H2,1H3,(H2,42,52)(H,44,51,53). The van der Waals surface area contributed by atoms with Crippen LogP contribution in [-0.2, 0) is 24.3 Å². The van der Waals surface area contributed by atoms with Gasteiger partial charge in [-0.3, -0.25) is 24.7 Å². The van der Waals surface area contributed by atoms with Crippen LogP contribution >= 0.6 is 0 Å². The SMILES string of the molecule is Cc1cc(-c2nn3c(c2C(N)=O)Nc2ccc(N4CCN(CC5CCN(c6ccc(N7CCC(=O)NC7=O)cc6)CC5)CC4)cc2CC3)ccc1CN. The van der Waals surface area contributed by atoms with Crippen molar-refractivity contribution in [1.82, 2.24) is 20.0 Å². The fraction of sp³-hybridized carbons (Fsp3) is 0.400. The molecule has 0 unspecified atom stereocenters. The van der Waals surface area contributed by atoms with Crippen molar-refractivity contribution in [2.45, 2.75) is 45.7 Å². The quantitative estimate of drug-likeness (QED) is 0.210. The van der Waals surface area contributed by atoms with Gasteiger partial charge in [0, 0.05) is 100 Å². The number of carbonyl (C=O) groups is 3. The summed E-state index contributed by atoms with van der Waals surface area (Å²) in [5, 5.41) is 10.8. The number of primary amides is 1. The third-order valence-electron chi connectivity index (χ3n) is 11.4. The highest BCUT2D eigenvalue weighted by atomic mass is 16.2. The lowest BCUT2D eigenvalue weighted by Crippen LogP contribution is -2.49. The number of fused-ring (bicyclic) bond motifs is 2. The maximum Gasteiger partial charge on any atom is 0.328 e. The van der Waals surface area contributed by atoms with Crippen LogP contribution in [0.15, 0.2) is 60.7 Å². The average Bonchev–Trinajstić information content (AvgIpc) is 3.43. The van der Waals surface area contributed by atoms with E-state index in [1.807, 2.05) is 41.9 Å². The molecule has 4 aliphatic rings. The number of urea groups is 1. The highest BCUT2D eigenvalue weighted by Crippen LogP contribution is 2.36. The normalized spacial score (nSPS) is 18.3. The molecule has 4 aromatic rings. The van der Waals surface area contributed by atoms with E-state index in [-0.39, 0.29) is 11.9 Å². The average molecular weight is 717 g/mol. The fourth-order valence-electron chi connectivity index (χ4n) is 8.30. The number of nitrogens with zero attached hydrogens (tertiary/aromatic N) is 6. The number of aryl methyl sites for hydroxylation is 3. The van der Waals surface area contributed by atoms with Gasteiger partial charge in [0.1, 0.15) is 17.1 Å². The van der Waals surface area contributed by atoms with Gasteiger partial charge in [-0.1, -0.05) is 12.1 Å². The summed E-state index contributed by atoms with van der Waals surface area (Å²) in [6.07, 6.45) is 3.43. The molecule has 4 aliphatic heterocycles. The fourth-order valence-corrected chi connectivity index (χ4v) is 8.30. The Morgan fingerprint density at radius 1 is 0.811 bits per heavy atom. The number of amides is 4. The van der Waals surface area contributed by atoms with Crippen molar-refractivity contribution in [3.63, 3.8) is 0 Å². The highest BCUT2D eigenvalue weighted by molar-refractivity contribution is 6.06. The minimum Gasteiger partial charge on any atom is -0.372 e. The van der Waals surface area contributed by atoms with Crippen molar-refractivity contribution in [2.24, 2.45) is 17.4 Å². The molecule has 6 N–H and O–H groups in total. The van der Waals surface area contributed by atoms with Gasteiger partial charge in [-0.05, 0) is 97.3 Å². The van der Waals surface area contributed by atoms with E-state index in [4.69, 9.17) is 16.6 Å². The molecule has 1 aromatic heterocycles. The molecule has 3 aromatic carbocycles. The van der Waals surface area contributed by atoms with Gasteiger partial charge in [-0.15, -0.1) is 0 Å². The topological polar surface area (TPSA) is 158 Å². The van der Waals surface area contributed by atoms with Crippen LogP contribution in [0, 0.1) is 12.8 Å². The molecule has 0 saturated carbocycles. The number of benzene rings is 3. The number of nitrogens with one attached hydrogen (secondary N) is 2. The van der Waals surface area contributed by atoms with Gasteiger partial charge in [0.05, 0.1) is 0 Å². The Labute approximate surface area is 309 Å². The van der Waals surface area contributed by atoms with Crippen molar-refractivity contribution < 1.29 is 14.4 Å². The molecule has 8 rings (SSSR count). The Kier molecular flexibility index (Phi) is 9.52. The number of anilines is 5. The van der Waals surface area contributed by atoms with Gasteiger partial charge < -0.3 is 26.6 Å². The van der Waals surface area contributed by atoms with E-state index >= 15 is 0 Å². The molecule has 0 radical (unpaired) electrons. The number of rotatable bonds is 8. The van der Waals surface area contributed by atoms with Crippen LogP contribution in [-0.4, -0.2) is 84.9 Å². The van der Waals surface area contributed by atoms with Crippen molar-refractivity contribution in [3.05, 3.63) is 82.9 Å². The van der Waals surface area contributed by atoms with E-state index in [9.17, 15) is 14.4 Å². The van der Waals surface area contributed by atoms with Gasteiger partial charge in [0.25, 0.3) is 5.91 Å². The number of nitrogens with two attached hydrogens (primary N) is 2. The zero-order valence-electron chi connectivity index (χ0n) is 30.3. The van der Waals surface area contributed by atoms with E-state index in [2.05, 4.69) is 55.7 Å². The molecule has 3 saturated heterocycles. The number of imide groups is 1. The van der Waals surface area contributed by atoms with Gasteiger partial charge in [-0.25, -0.2) is 9.48 Å². The van der Waals surface area contributed by atoms with Crippen molar-refractivity contribution >= 4 is 46.4 Å². The zero-order valence-corrected chi connectivity index (χ0v) is 30.3. The predicted molar refractivity (Wildman–Crippen MR) is 208 cm³/mol. The number of hydrogen-bond acceptors (Lipinski definition) is 9. The first-order valence-electron chi connectivity index (χ1n) is 18.8. The highest BCUT2D eigenvalue weighted by Gasteiger charge is 2.29. The predicted octanol–water partition coefficient (Wildman–Crippen LogP) is 4.20. The van der Waals surface area contributed by atoms with Gasteiger partial charge in [0.2, 0.25) is 5.91 Å². The smallest absolute Gasteiger partial charge is 0.328 e. The largest absolute Gasteiger partial charge is 0.372 e. The molecule has 0 bridgehead atoms. The van der Waals surface area contributed by atoms with E-state index in [1.54, 1.807) is 4.90 Å². The van der Waals surface area contributed by atoms with E-state index in [1.165, 1.54) is 16.9 Å². The summed E-state index contributed by atoms with van der Waals surface area (Å²) in [5.41, 5.74) is 21.2. The number of carbonyl (C=O) groups excluding carboxylic acids is 3. The van der Waals surface area contributed by atoms with Crippen LogP contribution in [0.5, 0.6) is 0 Å². The van der Waals surface area contributed by atoms with Crippen LogP contribution < -0.4 is 36.8 Å². The number of piperidine rings is 1. The van der Waals surface area contributed by atoms with Crippen LogP contribution in [0.1, 0.15) is 46.3 Å². The summed E-state index contributed by atoms with van der Waals surface area (Å²) in [4.78, 5) is 45.7. The second-order valence-electron chi connectivity index (χ2n) is 14.7. The van der Waals surface area contributed by atoms with E-state index in [0.29, 0.717) is 49.0 Å². The molecule has 53 heavy (non-hydrogen) atoms. The van der Waals surface area contributed by atoms with Crippen LogP contribution in [0.2, 0.25) is 0 Å². The second-order valence-corrected chi connectivity index (χ2v) is 14.7. The summed E-state index contributed by atoms with van der Waals surface area (Å²) in [7, 11) is 0. The molecule has 0 atom stereocenters. The summed E-state index contributed by atoms with van der Waals surface area (Å²) >= 11 is 0. The third-order valence-corrected chi connectivity index (χ3v) is 11.4. The summed E-state index contributed by atoms with van der Waals surface area (Å²) in [5.74, 6) is 0.594. The first kappa shape index (κ1) is 34.7. The van der Waals surface area contributed by atoms with E-state index < -0.39 is 5.91 Å². The molecule has 13 heteroatoms. The molecular formula is C40H48N10O3. The van der Waals surface area contributed by atoms with Crippen molar-refractivity contribution in [2.75, 3.05) is 72.4 Å². The number of hydrogen-bond donors (Lipinski definition) is 4. The Balaban J connectivity index is 0.846. The van der Waals surface area contributed by atoms with E-state index in [0.717, 1.165) is 93.1 Å².